The van der Waals surface area contributed by atoms with E-state index in [0.717, 1.165) is 17.0 Å². The van der Waals surface area contributed by atoms with E-state index in [1.165, 1.54) is 13.2 Å². The van der Waals surface area contributed by atoms with Gasteiger partial charge in [0.1, 0.15) is 11.6 Å². The minimum atomic E-state index is -0.325. The van der Waals surface area contributed by atoms with Crippen LogP contribution in [0.15, 0.2) is 48.2 Å². The molecule has 0 unspecified atom stereocenters. The second-order valence-corrected chi connectivity index (χ2v) is 4.76. The molecule has 3 nitrogen and oxygen atoms in total. The number of halogens is 1. The standard InChI is InChI=1S/C17H20FNO2/c1-5-19-13(3)12(2)9-10-15(19)17-14(18)7-6-8-16(17)21-11-20-4/h6-10H,3,5,11H2,1-2,4H3. The number of likely N-dealkylation sites (N-methyl/N-ethyl adjacent to an activating group) is 1. The molecule has 0 atom stereocenters. The van der Waals surface area contributed by atoms with E-state index >= 15 is 0 Å². The second kappa shape index (κ2) is 6.59. The van der Waals surface area contributed by atoms with E-state index in [9.17, 15) is 4.39 Å². The van der Waals surface area contributed by atoms with Gasteiger partial charge < -0.3 is 14.4 Å². The van der Waals surface area contributed by atoms with Crippen LogP contribution in [0.5, 0.6) is 5.75 Å². The van der Waals surface area contributed by atoms with Crippen LogP contribution >= 0.6 is 0 Å². The van der Waals surface area contributed by atoms with Gasteiger partial charge in [-0.3, -0.25) is 0 Å². The van der Waals surface area contributed by atoms with Crippen molar-refractivity contribution in [3.05, 3.63) is 59.6 Å². The molecule has 0 spiro atoms. The molecule has 1 aromatic carbocycles. The maximum Gasteiger partial charge on any atom is 0.188 e. The van der Waals surface area contributed by atoms with Gasteiger partial charge in [0.05, 0.1) is 11.3 Å². The molecule has 0 aliphatic carbocycles. The van der Waals surface area contributed by atoms with Crippen LogP contribution < -0.4 is 4.74 Å². The van der Waals surface area contributed by atoms with Crippen LogP contribution in [-0.4, -0.2) is 25.3 Å². The Hall–Kier alpha value is -2.07. The molecule has 1 aliphatic heterocycles. The molecule has 0 N–H and O–H groups in total. The second-order valence-electron chi connectivity index (χ2n) is 4.76. The molecule has 0 fully saturated rings. The summed E-state index contributed by atoms with van der Waals surface area (Å²) in [7, 11) is 1.53. The summed E-state index contributed by atoms with van der Waals surface area (Å²) >= 11 is 0. The number of nitrogens with zero attached hydrogens (tertiary/aromatic N) is 1. The first-order chi connectivity index (χ1) is 10.1. The summed E-state index contributed by atoms with van der Waals surface area (Å²) in [4.78, 5) is 1.98. The summed E-state index contributed by atoms with van der Waals surface area (Å²) in [6, 6.07) is 4.79. The van der Waals surface area contributed by atoms with Crippen molar-refractivity contribution in [2.75, 3.05) is 20.4 Å². The third-order valence-electron chi connectivity index (χ3n) is 3.44. The predicted molar refractivity (Wildman–Crippen MR) is 82.2 cm³/mol. The average Bonchev–Trinajstić information content (AvgIpc) is 2.48. The number of allylic oxidation sites excluding steroid dienone is 3. The van der Waals surface area contributed by atoms with Crippen LogP contribution in [0.25, 0.3) is 5.70 Å². The van der Waals surface area contributed by atoms with Gasteiger partial charge >= 0.3 is 0 Å². The van der Waals surface area contributed by atoms with Crippen LogP contribution in [0, 0.1) is 5.82 Å². The van der Waals surface area contributed by atoms with Crippen LogP contribution in [0.2, 0.25) is 0 Å². The van der Waals surface area contributed by atoms with Crippen molar-refractivity contribution < 1.29 is 13.9 Å². The van der Waals surface area contributed by atoms with Gasteiger partial charge in [-0.25, -0.2) is 4.39 Å². The Morgan fingerprint density at radius 1 is 1.29 bits per heavy atom. The smallest absolute Gasteiger partial charge is 0.188 e. The Morgan fingerprint density at radius 2 is 2.05 bits per heavy atom. The highest BCUT2D eigenvalue weighted by atomic mass is 19.1. The summed E-state index contributed by atoms with van der Waals surface area (Å²) in [5.41, 5.74) is 3.12. The van der Waals surface area contributed by atoms with E-state index in [0.29, 0.717) is 17.9 Å². The lowest BCUT2D eigenvalue weighted by Gasteiger charge is -2.32. The van der Waals surface area contributed by atoms with E-state index in [2.05, 4.69) is 6.58 Å². The van der Waals surface area contributed by atoms with Crippen molar-refractivity contribution in [2.45, 2.75) is 13.8 Å². The fourth-order valence-corrected chi connectivity index (χ4v) is 2.32. The summed E-state index contributed by atoms with van der Waals surface area (Å²) in [6.07, 6.45) is 3.84. The quantitative estimate of drug-likeness (QED) is 0.766. The maximum absolute atomic E-state index is 14.4. The van der Waals surface area contributed by atoms with Gasteiger partial charge in [-0.05, 0) is 37.6 Å². The first kappa shape index (κ1) is 15.3. The Bertz CT molecular complexity index is 605. The summed E-state index contributed by atoms with van der Waals surface area (Å²) < 4.78 is 24.8. The predicted octanol–water partition coefficient (Wildman–Crippen LogP) is 3.94. The monoisotopic (exact) mass is 289 g/mol. The Kier molecular flexibility index (Phi) is 4.81. The number of benzene rings is 1. The van der Waals surface area contributed by atoms with Crippen molar-refractivity contribution in [3.63, 3.8) is 0 Å². The Morgan fingerprint density at radius 3 is 2.71 bits per heavy atom. The minimum absolute atomic E-state index is 0.0751. The molecule has 0 amide bonds. The highest BCUT2D eigenvalue weighted by Crippen LogP contribution is 2.36. The molecular weight excluding hydrogens is 269 g/mol. The maximum atomic E-state index is 14.4. The minimum Gasteiger partial charge on any atom is -0.467 e. The molecule has 1 aliphatic rings. The summed E-state index contributed by atoms with van der Waals surface area (Å²) in [6.45, 7) is 8.85. The van der Waals surface area contributed by atoms with Crippen molar-refractivity contribution in [1.82, 2.24) is 4.90 Å². The van der Waals surface area contributed by atoms with Gasteiger partial charge in [-0.2, -0.15) is 0 Å². The van der Waals surface area contributed by atoms with Gasteiger partial charge in [0.2, 0.25) is 0 Å². The molecule has 112 valence electrons. The van der Waals surface area contributed by atoms with Crippen molar-refractivity contribution in [2.24, 2.45) is 0 Å². The molecule has 4 heteroatoms. The number of ether oxygens (including phenoxy) is 2. The lowest BCUT2D eigenvalue weighted by molar-refractivity contribution is 0.0506. The van der Waals surface area contributed by atoms with Crippen LogP contribution in [0.4, 0.5) is 4.39 Å². The van der Waals surface area contributed by atoms with Crippen LogP contribution in [0.3, 0.4) is 0 Å². The molecule has 1 aromatic rings. The number of methoxy groups -OCH3 is 1. The average molecular weight is 289 g/mol. The molecule has 21 heavy (non-hydrogen) atoms. The topological polar surface area (TPSA) is 21.7 Å². The van der Waals surface area contributed by atoms with Crippen molar-refractivity contribution in [1.29, 1.82) is 0 Å². The lowest BCUT2D eigenvalue weighted by Crippen LogP contribution is -2.24. The summed E-state index contributed by atoms with van der Waals surface area (Å²) in [5, 5.41) is 0. The third-order valence-corrected chi connectivity index (χ3v) is 3.44. The van der Waals surface area contributed by atoms with E-state index in [1.54, 1.807) is 12.1 Å². The third kappa shape index (κ3) is 3.00. The Labute approximate surface area is 125 Å². The van der Waals surface area contributed by atoms with E-state index in [1.807, 2.05) is 30.9 Å². The molecule has 1 heterocycles. The molecular formula is C17H20FNO2. The zero-order chi connectivity index (χ0) is 15.4. The fraction of sp³-hybridized carbons (Fsp3) is 0.294. The van der Waals surface area contributed by atoms with E-state index < -0.39 is 0 Å². The lowest BCUT2D eigenvalue weighted by atomic mass is 10.0. The molecule has 0 saturated heterocycles. The van der Waals surface area contributed by atoms with Crippen LogP contribution in [0.1, 0.15) is 19.4 Å². The molecule has 0 aromatic heterocycles. The normalized spacial score (nSPS) is 14.9. The van der Waals surface area contributed by atoms with E-state index in [4.69, 9.17) is 9.47 Å². The highest BCUT2D eigenvalue weighted by molar-refractivity contribution is 5.74. The zero-order valence-electron chi connectivity index (χ0n) is 12.6. The van der Waals surface area contributed by atoms with Gasteiger partial charge in [-0.15, -0.1) is 0 Å². The van der Waals surface area contributed by atoms with Crippen LogP contribution in [-0.2, 0) is 4.74 Å². The van der Waals surface area contributed by atoms with Gasteiger partial charge in [0.25, 0.3) is 0 Å². The largest absolute Gasteiger partial charge is 0.467 e. The molecule has 0 bridgehead atoms. The molecule has 0 saturated carbocycles. The Balaban J connectivity index is 2.52. The first-order valence-corrected chi connectivity index (χ1v) is 6.86. The SMILES string of the molecule is C=C1C(C)=CC=C(c2c(F)cccc2OCOC)N1CC. The van der Waals surface area contributed by atoms with Crippen molar-refractivity contribution in [3.8, 4) is 5.75 Å². The first-order valence-electron chi connectivity index (χ1n) is 6.86. The van der Waals surface area contributed by atoms with Gasteiger partial charge in [0.15, 0.2) is 6.79 Å². The van der Waals surface area contributed by atoms with Gasteiger partial charge in [-0.1, -0.05) is 18.7 Å². The highest BCUT2D eigenvalue weighted by Gasteiger charge is 2.23. The fourth-order valence-electron chi connectivity index (χ4n) is 2.32. The van der Waals surface area contributed by atoms with Gasteiger partial charge in [0, 0.05) is 19.4 Å². The van der Waals surface area contributed by atoms with E-state index in [-0.39, 0.29) is 12.6 Å². The number of hydrogen-bond donors (Lipinski definition) is 0. The zero-order valence-corrected chi connectivity index (χ0v) is 12.6. The molecule has 0 radical (unpaired) electrons. The number of rotatable bonds is 5. The van der Waals surface area contributed by atoms with Crippen molar-refractivity contribution >= 4 is 5.70 Å². The summed E-state index contributed by atoms with van der Waals surface area (Å²) in [5.74, 6) is 0.136. The number of hydrogen-bond acceptors (Lipinski definition) is 3. The molecule has 2 rings (SSSR count).